The second kappa shape index (κ2) is 16.4. The number of esters is 3. The molecule has 0 bridgehead atoms. The van der Waals surface area contributed by atoms with E-state index in [1.807, 2.05) is 84.9 Å². The van der Waals surface area contributed by atoms with E-state index in [4.69, 9.17) is 18.9 Å². The zero-order valence-electron chi connectivity index (χ0n) is 27.6. The molecule has 5 rings (SSSR count). The van der Waals surface area contributed by atoms with Gasteiger partial charge in [0.1, 0.15) is 11.7 Å². The molecule has 0 aliphatic carbocycles. The highest BCUT2D eigenvalue weighted by molar-refractivity contribution is 6.09. The summed E-state index contributed by atoms with van der Waals surface area (Å²) in [6.45, 7) is 5.41. The molecular weight excluding hydrogens is 620 g/mol. The zero-order chi connectivity index (χ0) is 34.8. The summed E-state index contributed by atoms with van der Waals surface area (Å²) in [4.78, 5) is 39.5. The van der Waals surface area contributed by atoms with Crippen molar-refractivity contribution in [3.8, 4) is 28.0 Å². The molecule has 0 fully saturated rings. The number of fused-ring (bicyclic) bond motifs is 1. The van der Waals surface area contributed by atoms with E-state index in [0.717, 1.165) is 34.6 Å². The first-order chi connectivity index (χ1) is 23.9. The number of benzene rings is 5. The van der Waals surface area contributed by atoms with Gasteiger partial charge in [-0.2, -0.15) is 0 Å². The summed E-state index contributed by atoms with van der Waals surface area (Å²) in [5, 5.41) is 12.9. The second-order valence-electron chi connectivity index (χ2n) is 11.0. The van der Waals surface area contributed by atoms with Crippen LogP contribution in [0.3, 0.4) is 0 Å². The zero-order valence-corrected chi connectivity index (χ0v) is 27.6. The van der Waals surface area contributed by atoms with Gasteiger partial charge in [0, 0.05) is 16.3 Å². The number of ether oxygens (including phenoxy) is 4. The fourth-order valence-corrected chi connectivity index (χ4v) is 5.67. The predicted octanol–water partition coefficient (Wildman–Crippen LogP) is 8.19. The first-order valence-electron chi connectivity index (χ1n) is 16.2. The third-order valence-electron chi connectivity index (χ3n) is 7.95. The van der Waals surface area contributed by atoms with Gasteiger partial charge in [-0.3, -0.25) is 4.79 Å². The van der Waals surface area contributed by atoms with Crippen LogP contribution in [0.15, 0.2) is 122 Å². The maximum atomic E-state index is 13.8. The number of rotatable bonds is 13. The SMILES string of the molecule is CCOC(=O)/C=C/Oc1c([C@@H](C(=O)OCC)[C@@H](O)c2ccc(-c3ccccc3)cc2)cc(C(=O)OCC)c2cc(-c3ccccc3)ccc12. The fourth-order valence-electron chi connectivity index (χ4n) is 5.67. The molecule has 0 aromatic heterocycles. The van der Waals surface area contributed by atoms with Crippen molar-refractivity contribution in [2.24, 2.45) is 0 Å². The summed E-state index contributed by atoms with van der Waals surface area (Å²) < 4.78 is 22.1. The Bertz CT molecular complexity index is 1930. The monoisotopic (exact) mass is 658 g/mol. The van der Waals surface area contributed by atoms with Crippen LogP contribution in [0, 0.1) is 0 Å². The third kappa shape index (κ3) is 8.05. The maximum absolute atomic E-state index is 13.8. The van der Waals surface area contributed by atoms with Gasteiger partial charge in [0.15, 0.2) is 0 Å². The Morgan fingerprint density at radius 1 is 0.653 bits per heavy atom. The first-order valence-corrected chi connectivity index (χ1v) is 16.2. The molecule has 0 aliphatic heterocycles. The van der Waals surface area contributed by atoms with Crippen LogP contribution in [0.5, 0.6) is 5.75 Å². The Balaban J connectivity index is 1.72. The highest BCUT2D eigenvalue weighted by atomic mass is 16.5. The molecule has 0 amide bonds. The van der Waals surface area contributed by atoms with Crippen LogP contribution in [0.25, 0.3) is 33.0 Å². The Kier molecular flexibility index (Phi) is 11.6. The molecule has 0 spiro atoms. The molecule has 0 saturated carbocycles. The molecule has 5 aromatic carbocycles. The van der Waals surface area contributed by atoms with Crippen LogP contribution in [0.4, 0.5) is 0 Å². The molecule has 0 saturated heterocycles. The lowest BCUT2D eigenvalue weighted by atomic mass is 9.84. The van der Waals surface area contributed by atoms with Crippen molar-refractivity contribution >= 4 is 28.7 Å². The van der Waals surface area contributed by atoms with Crippen molar-refractivity contribution in [1.29, 1.82) is 0 Å². The van der Waals surface area contributed by atoms with E-state index >= 15 is 0 Å². The molecule has 49 heavy (non-hydrogen) atoms. The van der Waals surface area contributed by atoms with Crippen molar-refractivity contribution in [3.05, 3.63) is 138 Å². The molecule has 0 radical (unpaired) electrons. The van der Waals surface area contributed by atoms with E-state index in [9.17, 15) is 19.5 Å². The van der Waals surface area contributed by atoms with Gasteiger partial charge >= 0.3 is 17.9 Å². The van der Waals surface area contributed by atoms with Gasteiger partial charge in [0.2, 0.25) is 0 Å². The van der Waals surface area contributed by atoms with Crippen LogP contribution >= 0.6 is 0 Å². The average molecular weight is 659 g/mol. The van der Waals surface area contributed by atoms with Crippen LogP contribution in [-0.4, -0.2) is 42.8 Å². The lowest BCUT2D eigenvalue weighted by molar-refractivity contribution is -0.148. The molecule has 1 N–H and O–H groups in total. The Morgan fingerprint density at radius 2 is 1.22 bits per heavy atom. The average Bonchev–Trinajstić information content (AvgIpc) is 3.13. The van der Waals surface area contributed by atoms with Gasteiger partial charge in [-0.15, -0.1) is 0 Å². The highest BCUT2D eigenvalue weighted by Crippen LogP contribution is 2.44. The highest BCUT2D eigenvalue weighted by Gasteiger charge is 2.36. The lowest BCUT2D eigenvalue weighted by Gasteiger charge is -2.26. The molecule has 0 unspecified atom stereocenters. The Hall–Kier alpha value is -5.73. The number of hydrogen-bond donors (Lipinski definition) is 1. The van der Waals surface area contributed by atoms with E-state index in [2.05, 4.69) is 0 Å². The van der Waals surface area contributed by atoms with Crippen molar-refractivity contribution in [1.82, 2.24) is 0 Å². The van der Waals surface area contributed by atoms with E-state index in [0.29, 0.717) is 16.3 Å². The van der Waals surface area contributed by atoms with Crippen molar-refractivity contribution in [2.45, 2.75) is 32.8 Å². The molecule has 8 nitrogen and oxygen atoms in total. The topological polar surface area (TPSA) is 108 Å². The van der Waals surface area contributed by atoms with Crippen LogP contribution in [0.2, 0.25) is 0 Å². The Labute approximate surface area is 285 Å². The summed E-state index contributed by atoms with van der Waals surface area (Å²) in [7, 11) is 0. The second-order valence-corrected chi connectivity index (χ2v) is 11.0. The predicted molar refractivity (Wildman–Crippen MR) is 188 cm³/mol. The molecule has 250 valence electrons. The largest absolute Gasteiger partial charge is 0.465 e. The third-order valence-corrected chi connectivity index (χ3v) is 7.95. The molecule has 0 heterocycles. The van der Waals surface area contributed by atoms with Gasteiger partial charge in [-0.05, 0) is 66.8 Å². The summed E-state index contributed by atoms with van der Waals surface area (Å²) in [6, 6.07) is 33.7. The standard InChI is InChI=1S/C41H38O8/c1-4-46-36(42)23-24-49-39-32-22-21-31(28-15-11-8-12-16-28)25-33(32)34(40(44)47-5-2)26-35(39)37(41(45)48-6-3)38(43)30-19-17-29(18-20-30)27-13-9-7-10-14-27/h7-26,37-38,43H,4-6H2,1-3H3/b24-23+/t37-,38+/m1/s1. The van der Waals surface area contributed by atoms with Gasteiger partial charge in [0.25, 0.3) is 0 Å². The number of aliphatic hydroxyl groups excluding tert-OH is 1. The molecular formula is C41H38O8. The van der Waals surface area contributed by atoms with Gasteiger partial charge in [-0.25, -0.2) is 9.59 Å². The normalized spacial score (nSPS) is 12.3. The van der Waals surface area contributed by atoms with Gasteiger partial charge in [-0.1, -0.05) is 91.0 Å². The quantitative estimate of drug-likeness (QED) is 0.0584. The van der Waals surface area contributed by atoms with Gasteiger partial charge < -0.3 is 24.1 Å². The van der Waals surface area contributed by atoms with Crippen molar-refractivity contribution < 1.29 is 38.4 Å². The minimum atomic E-state index is -1.41. The molecule has 8 heteroatoms. The van der Waals surface area contributed by atoms with E-state index in [1.165, 1.54) is 6.07 Å². The lowest BCUT2D eigenvalue weighted by Crippen LogP contribution is -2.24. The molecule has 0 aliphatic rings. The fraction of sp³-hybridized carbons (Fsp3) is 0.195. The number of carbonyl (C=O) groups excluding carboxylic acids is 3. The summed E-state index contributed by atoms with van der Waals surface area (Å²) in [6.07, 6.45) is 0.875. The maximum Gasteiger partial charge on any atom is 0.338 e. The van der Waals surface area contributed by atoms with Crippen LogP contribution in [0.1, 0.15) is 54.3 Å². The van der Waals surface area contributed by atoms with Crippen molar-refractivity contribution in [3.63, 3.8) is 0 Å². The molecule has 2 atom stereocenters. The summed E-state index contributed by atoms with van der Waals surface area (Å²) in [5.41, 5.74) is 4.48. The van der Waals surface area contributed by atoms with Gasteiger partial charge in [0.05, 0.1) is 43.8 Å². The number of aliphatic hydroxyl groups is 1. The Morgan fingerprint density at radius 3 is 1.84 bits per heavy atom. The van der Waals surface area contributed by atoms with Crippen LogP contribution < -0.4 is 4.74 Å². The van der Waals surface area contributed by atoms with E-state index < -0.39 is 29.9 Å². The van der Waals surface area contributed by atoms with Crippen LogP contribution in [-0.2, 0) is 23.8 Å². The number of hydrogen-bond acceptors (Lipinski definition) is 8. The van der Waals surface area contributed by atoms with E-state index in [1.54, 1.807) is 39.0 Å². The minimum Gasteiger partial charge on any atom is -0.465 e. The summed E-state index contributed by atoms with van der Waals surface area (Å²) >= 11 is 0. The molecule has 5 aromatic rings. The van der Waals surface area contributed by atoms with E-state index in [-0.39, 0.29) is 36.7 Å². The van der Waals surface area contributed by atoms with Crippen molar-refractivity contribution in [2.75, 3.05) is 19.8 Å². The summed E-state index contributed by atoms with van der Waals surface area (Å²) in [5.74, 6) is -3.14. The smallest absolute Gasteiger partial charge is 0.338 e. The minimum absolute atomic E-state index is 0.0483. The first kappa shape index (κ1) is 34.6. The number of carbonyl (C=O) groups is 3.